The molecule has 0 saturated carbocycles. The van der Waals surface area contributed by atoms with Crippen molar-refractivity contribution in [2.75, 3.05) is 12.4 Å². The number of amides is 2. The number of aromatic hydroxyl groups is 1. The number of methoxy groups -OCH3 is 1. The summed E-state index contributed by atoms with van der Waals surface area (Å²) in [6, 6.07) is 17.5. The van der Waals surface area contributed by atoms with Crippen molar-refractivity contribution in [3.63, 3.8) is 0 Å². The number of ether oxygens (including phenoxy) is 1. The number of hydrogen-bond donors (Lipinski definition) is 3. The van der Waals surface area contributed by atoms with E-state index in [0.29, 0.717) is 33.1 Å². The van der Waals surface area contributed by atoms with Crippen LogP contribution >= 0.6 is 11.6 Å². The van der Waals surface area contributed by atoms with Crippen molar-refractivity contribution in [2.45, 2.75) is 0 Å². The van der Waals surface area contributed by atoms with Gasteiger partial charge < -0.3 is 15.2 Å². The van der Waals surface area contributed by atoms with Crippen molar-refractivity contribution in [1.29, 1.82) is 0 Å². The lowest BCUT2D eigenvalue weighted by molar-refractivity contribution is 0.0954. The van der Waals surface area contributed by atoms with E-state index < -0.39 is 5.91 Å². The van der Waals surface area contributed by atoms with Gasteiger partial charge in [-0.15, -0.1) is 0 Å². The predicted molar refractivity (Wildman–Crippen MR) is 116 cm³/mol. The topological polar surface area (TPSA) is 100 Å². The molecule has 0 aliphatic heterocycles. The van der Waals surface area contributed by atoms with Gasteiger partial charge in [0.15, 0.2) is 0 Å². The first-order chi connectivity index (χ1) is 14.5. The van der Waals surface area contributed by atoms with E-state index in [9.17, 15) is 14.7 Å². The number of carbonyl (C=O) groups is 2. The van der Waals surface area contributed by atoms with Crippen molar-refractivity contribution in [3.05, 3.63) is 88.4 Å². The lowest BCUT2D eigenvalue weighted by Crippen LogP contribution is -2.18. The third-order valence-electron chi connectivity index (χ3n) is 4.12. The van der Waals surface area contributed by atoms with Gasteiger partial charge in [0.1, 0.15) is 11.5 Å². The number of phenolic OH excluding ortho intramolecular Hbond substituents is 1. The van der Waals surface area contributed by atoms with E-state index >= 15 is 0 Å². The molecule has 0 bridgehead atoms. The Bertz CT molecular complexity index is 1080. The van der Waals surface area contributed by atoms with Crippen LogP contribution in [0.5, 0.6) is 11.5 Å². The van der Waals surface area contributed by atoms with Gasteiger partial charge in [0, 0.05) is 27.4 Å². The lowest BCUT2D eigenvalue weighted by atomic mass is 10.1. The molecule has 0 aliphatic carbocycles. The summed E-state index contributed by atoms with van der Waals surface area (Å²) in [5.74, 6) is -0.165. The van der Waals surface area contributed by atoms with Gasteiger partial charge in [0.2, 0.25) is 0 Å². The minimum absolute atomic E-state index is 0.00887. The molecule has 0 spiro atoms. The smallest absolute Gasteiger partial charge is 0.271 e. The van der Waals surface area contributed by atoms with Gasteiger partial charge in [-0.1, -0.05) is 11.6 Å². The number of nitrogens with zero attached hydrogens (tertiary/aromatic N) is 1. The second kappa shape index (κ2) is 9.58. The second-order valence-corrected chi connectivity index (χ2v) is 6.60. The lowest BCUT2D eigenvalue weighted by Gasteiger charge is -2.06. The minimum Gasteiger partial charge on any atom is -0.507 e. The van der Waals surface area contributed by atoms with Gasteiger partial charge in [-0.3, -0.25) is 9.59 Å². The highest BCUT2D eigenvalue weighted by Crippen LogP contribution is 2.21. The van der Waals surface area contributed by atoms with Crippen LogP contribution < -0.4 is 15.5 Å². The summed E-state index contributed by atoms with van der Waals surface area (Å²) >= 11 is 5.82. The highest BCUT2D eigenvalue weighted by atomic mass is 35.5. The van der Waals surface area contributed by atoms with Gasteiger partial charge in [-0.05, 0) is 66.7 Å². The normalized spacial score (nSPS) is 10.6. The summed E-state index contributed by atoms with van der Waals surface area (Å²) in [5.41, 5.74) is 4.14. The fraction of sp³-hybridized carbons (Fsp3) is 0.0455. The number of halogens is 1. The molecular formula is C22H18ClN3O4. The van der Waals surface area contributed by atoms with Crippen LogP contribution in [0.25, 0.3) is 0 Å². The number of hydrogen-bond acceptors (Lipinski definition) is 5. The van der Waals surface area contributed by atoms with Gasteiger partial charge >= 0.3 is 0 Å². The maximum atomic E-state index is 12.2. The Balaban J connectivity index is 1.59. The molecule has 0 unspecified atom stereocenters. The fourth-order valence-electron chi connectivity index (χ4n) is 2.50. The third kappa shape index (κ3) is 5.36. The van der Waals surface area contributed by atoms with Crippen molar-refractivity contribution >= 4 is 35.3 Å². The molecule has 3 N–H and O–H groups in total. The molecule has 0 fully saturated rings. The highest BCUT2D eigenvalue weighted by molar-refractivity contribution is 6.30. The molecule has 0 atom stereocenters. The Labute approximate surface area is 178 Å². The molecule has 30 heavy (non-hydrogen) atoms. The highest BCUT2D eigenvalue weighted by Gasteiger charge is 2.08. The number of benzene rings is 3. The van der Waals surface area contributed by atoms with E-state index in [2.05, 4.69) is 15.8 Å². The first-order valence-corrected chi connectivity index (χ1v) is 9.21. The van der Waals surface area contributed by atoms with Crippen LogP contribution in [0, 0.1) is 0 Å². The average Bonchev–Trinajstić information content (AvgIpc) is 2.76. The van der Waals surface area contributed by atoms with Gasteiger partial charge in [0.25, 0.3) is 11.8 Å². The average molecular weight is 424 g/mol. The molecular weight excluding hydrogens is 406 g/mol. The van der Waals surface area contributed by atoms with Crippen molar-refractivity contribution < 1.29 is 19.4 Å². The van der Waals surface area contributed by atoms with Crippen LogP contribution in [0.1, 0.15) is 26.3 Å². The molecule has 0 saturated heterocycles. The molecule has 8 heteroatoms. The fourth-order valence-corrected chi connectivity index (χ4v) is 2.62. The summed E-state index contributed by atoms with van der Waals surface area (Å²) in [7, 11) is 1.51. The van der Waals surface area contributed by atoms with Crippen LogP contribution in [-0.2, 0) is 0 Å². The molecule has 3 aromatic carbocycles. The van der Waals surface area contributed by atoms with E-state index in [1.165, 1.54) is 19.4 Å². The first-order valence-electron chi connectivity index (χ1n) is 8.83. The van der Waals surface area contributed by atoms with E-state index in [0.717, 1.165) is 0 Å². The van der Waals surface area contributed by atoms with Crippen LogP contribution in [0.4, 0.5) is 5.69 Å². The summed E-state index contributed by atoms with van der Waals surface area (Å²) < 4.78 is 5.08. The molecule has 2 amide bonds. The van der Waals surface area contributed by atoms with E-state index in [1.54, 1.807) is 60.7 Å². The van der Waals surface area contributed by atoms with Crippen LogP contribution in [0.15, 0.2) is 71.8 Å². The van der Waals surface area contributed by atoms with Gasteiger partial charge in [0.05, 0.1) is 13.3 Å². The number of hydrazone groups is 1. The summed E-state index contributed by atoms with van der Waals surface area (Å²) in [5, 5.41) is 17.0. The minimum atomic E-state index is -0.441. The SMILES string of the molecule is COc1ccc(O)c(/C=N/NC(=O)c2ccc(NC(=O)c3ccc(Cl)cc3)cc2)c1. The van der Waals surface area contributed by atoms with Crippen LogP contribution in [0.2, 0.25) is 5.02 Å². The molecule has 3 aromatic rings. The number of rotatable bonds is 6. The molecule has 7 nitrogen and oxygen atoms in total. The number of phenols is 1. The summed E-state index contributed by atoms with van der Waals surface area (Å²) in [4.78, 5) is 24.4. The standard InChI is InChI=1S/C22H18ClN3O4/c1-30-19-10-11-20(27)16(12-19)13-24-26-22(29)15-4-8-18(9-5-15)25-21(28)14-2-6-17(23)7-3-14/h2-13,27H,1H3,(H,25,28)(H,26,29)/b24-13+. The molecule has 0 aromatic heterocycles. The number of carbonyl (C=O) groups excluding carboxylic acids is 2. The zero-order valence-electron chi connectivity index (χ0n) is 15.9. The van der Waals surface area contributed by atoms with Gasteiger partial charge in [-0.25, -0.2) is 5.43 Å². The second-order valence-electron chi connectivity index (χ2n) is 6.16. The zero-order valence-corrected chi connectivity index (χ0v) is 16.7. The predicted octanol–water partition coefficient (Wildman–Crippen LogP) is 4.07. The molecule has 0 aliphatic rings. The van der Waals surface area contributed by atoms with E-state index in [-0.39, 0.29) is 11.7 Å². The van der Waals surface area contributed by atoms with Gasteiger partial charge in [-0.2, -0.15) is 5.10 Å². The maximum Gasteiger partial charge on any atom is 0.271 e. The first kappa shape index (κ1) is 20.9. The van der Waals surface area contributed by atoms with Crippen molar-refractivity contribution in [2.24, 2.45) is 5.10 Å². The van der Waals surface area contributed by atoms with Crippen molar-refractivity contribution in [1.82, 2.24) is 5.43 Å². The Morgan fingerprint density at radius 2 is 1.60 bits per heavy atom. The van der Waals surface area contributed by atoms with Crippen molar-refractivity contribution in [3.8, 4) is 11.5 Å². The summed E-state index contributed by atoms with van der Waals surface area (Å²) in [6.45, 7) is 0. The largest absolute Gasteiger partial charge is 0.507 e. The number of nitrogens with one attached hydrogen (secondary N) is 2. The molecule has 0 radical (unpaired) electrons. The Morgan fingerprint density at radius 3 is 2.27 bits per heavy atom. The molecule has 0 heterocycles. The van der Waals surface area contributed by atoms with E-state index in [4.69, 9.17) is 16.3 Å². The number of anilines is 1. The zero-order chi connectivity index (χ0) is 21.5. The Hall–Kier alpha value is -3.84. The molecule has 3 rings (SSSR count). The van der Waals surface area contributed by atoms with E-state index in [1.807, 2.05) is 0 Å². The summed E-state index contributed by atoms with van der Waals surface area (Å²) in [6.07, 6.45) is 1.32. The Morgan fingerprint density at radius 1 is 0.967 bits per heavy atom. The molecule has 152 valence electrons. The quantitative estimate of drug-likeness (QED) is 0.411. The van der Waals surface area contributed by atoms with Crippen LogP contribution in [0.3, 0.4) is 0 Å². The maximum absolute atomic E-state index is 12.2. The monoisotopic (exact) mass is 423 g/mol. The van der Waals surface area contributed by atoms with Crippen LogP contribution in [-0.4, -0.2) is 30.2 Å². The third-order valence-corrected chi connectivity index (χ3v) is 4.37. The Kier molecular flexibility index (Phi) is 6.67.